The van der Waals surface area contributed by atoms with E-state index in [1.54, 1.807) is 0 Å². The summed E-state index contributed by atoms with van der Waals surface area (Å²) in [4.78, 5) is 29.0. The lowest BCUT2D eigenvalue weighted by Crippen LogP contribution is -2.32. The van der Waals surface area contributed by atoms with Gasteiger partial charge in [0.15, 0.2) is 0 Å². The lowest BCUT2D eigenvalue weighted by atomic mass is 10.0. The highest BCUT2D eigenvalue weighted by molar-refractivity contribution is 5.77. The average molecular weight is 407 g/mol. The molecule has 0 saturated carbocycles. The van der Waals surface area contributed by atoms with Crippen LogP contribution in [0, 0.1) is 0 Å². The fourth-order valence-electron chi connectivity index (χ4n) is 4.25. The number of benzene rings is 2. The third-order valence-corrected chi connectivity index (χ3v) is 6.01. The average Bonchev–Trinajstić information content (AvgIpc) is 3.23. The Balaban J connectivity index is 1.35. The smallest absolute Gasteiger partial charge is 0.223 e. The Morgan fingerprint density at radius 1 is 0.800 bits per heavy atom. The van der Waals surface area contributed by atoms with Gasteiger partial charge >= 0.3 is 0 Å². The van der Waals surface area contributed by atoms with Gasteiger partial charge in [-0.25, -0.2) is 0 Å². The number of amides is 2. The van der Waals surface area contributed by atoms with E-state index in [4.69, 9.17) is 4.74 Å². The Labute approximate surface area is 178 Å². The van der Waals surface area contributed by atoms with Crippen LogP contribution in [0.3, 0.4) is 0 Å². The highest BCUT2D eigenvalue weighted by Gasteiger charge is 2.21. The first-order valence-electron chi connectivity index (χ1n) is 11.0. The van der Waals surface area contributed by atoms with E-state index in [0.717, 1.165) is 55.6 Å². The van der Waals surface area contributed by atoms with Crippen molar-refractivity contribution in [3.05, 3.63) is 65.2 Å². The molecule has 158 valence electrons. The van der Waals surface area contributed by atoms with Gasteiger partial charge in [0.05, 0.1) is 6.54 Å². The molecule has 0 atom stereocenters. The number of hydrogen-bond donors (Lipinski definition) is 0. The quantitative estimate of drug-likeness (QED) is 0.737. The molecule has 2 aliphatic heterocycles. The molecule has 30 heavy (non-hydrogen) atoms. The van der Waals surface area contributed by atoms with Gasteiger partial charge in [0.2, 0.25) is 11.8 Å². The Hall–Kier alpha value is -2.82. The van der Waals surface area contributed by atoms with E-state index in [0.29, 0.717) is 32.5 Å². The molecule has 1 fully saturated rings. The van der Waals surface area contributed by atoms with Crippen LogP contribution in [-0.4, -0.2) is 47.9 Å². The zero-order valence-electron chi connectivity index (χ0n) is 17.5. The summed E-state index contributed by atoms with van der Waals surface area (Å²) in [6, 6.07) is 16.3. The van der Waals surface area contributed by atoms with Crippen LogP contribution in [0.2, 0.25) is 0 Å². The summed E-state index contributed by atoms with van der Waals surface area (Å²) < 4.78 is 5.88. The van der Waals surface area contributed by atoms with Crippen molar-refractivity contribution < 1.29 is 14.3 Å². The SMILES string of the molecule is O=C(CCc1ccc2c(c1)CN(C(=O)CCc1ccccc1)CCO2)N1CCCC1. The fourth-order valence-corrected chi connectivity index (χ4v) is 4.25. The predicted octanol–water partition coefficient (Wildman–Crippen LogP) is 3.60. The van der Waals surface area contributed by atoms with E-state index in [1.165, 1.54) is 5.56 Å². The monoisotopic (exact) mass is 406 g/mol. The molecular weight excluding hydrogens is 376 g/mol. The van der Waals surface area contributed by atoms with Crippen LogP contribution in [0.1, 0.15) is 42.4 Å². The number of carbonyl (C=O) groups is 2. The molecule has 2 aromatic rings. The minimum atomic E-state index is 0.157. The number of aryl methyl sites for hydroxylation is 2. The first-order chi connectivity index (χ1) is 14.7. The van der Waals surface area contributed by atoms with Crippen molar-refractivity contribution in [3.63, 3.8) is 0 Å². The van der Waals surface area contributed by atoms with E-state index >= 15 is 0 Å². The van der Waals surface area contributed by atoms with Crippen molar-refractivity contribution in [3.8, 4) is 5.75 Å². The maximum atomic E-state index is 12.8. The van der Waals surface area contributed by atoms with E-state index in [9.17, 15) is 9.59 Å². The molecule has 2 amide bonds. The van der Waals surface area contributed by atoms with Crippen molar-refractivity contribution in [1.29, 1.82) is 0 Å². The molecule has 0 radical (unpaired) electrons. The van der Waals surface area contributed by atoms with Gasteiger partial charge in [-0.3, -0.25) is 9.59 Å². The molecule has 0 aliphatic carbocycles. The third kappa shape index (κ3) is 5.21. The summed E-state index contributed by atoms with van der Waals surface area (Å²) in [5.41, 5.74) is 3.34. The van der Waals surface area contributed by atoms with E-state index in [-0.39, 0.29) is 11.8 Å². The van der Waals surface area contributed by atoms with Gasteiger partial charge in [0.1, 0.15) is 12.4 Å². The lowest BCUT2D eigenvalue weighted by molar-refractivity contribution is -0.132. The number of likely N-dealkylation sites (tertiary alicyclic amines) is 1. The summed E-state index contributed by atoms with van der Waals surface area (Å²) in [5.74, 6) is 1.25. The Bertz CT molecular complexity index is 875. The van der Waals surface area contributed by atoms with Crippen LogP contribution in [0.5, 0.6) is 5.75 Å². The molecule has 2 aliphatic rings. The Kier molecular flexibility index (Phi) is 6.67. The van der Waals surface area contributed by atoms with Gasteiger partial charge < -0.3 is 14.5 Å². The van der Waals surface area contributed by atoms with Crippen LogP contribution < -0.4 is 4.74 Å². The maximum absolute atomic E-state index is 12.8. The molecule has 0 spiro atoms. The summed E-state index contributed by atoms with van der Waals surface area (Å²) >= 11 is 0. The van der Waals surface area contributed by atoms with Crippen LogP contribution in [-0.2, 0) is 29.0 Å². The summed E-state index contributed by atoms with van der Waals surface area (Å²) in [7, 11) is 0. The Morgan fingerprint density at radius 3 is 2.27 bits per heavy atom. The second kappa shape index (κ2) is 9.79. The lowest BCUT2D eigenvalue weighted by Gasteiger charge is -2.20. The summed E-state index contributed by atoms with van der Waals surface area (Å²) in [5, 5.41) is 0. The second-order valence-electron chi connectivity index (χ2n) is 8.18. The molecule has 1 saturated heterocycles. The zero-order valence-corrected chi connectivity index (χ0v) is 17.5. The number of hydrogen-bond acceptors (Lipinski definition) is 3. The fraction of sp³-hybridized carbons (Fsp3) is 0.440. The molecule has 2 aromatic carbocycles. The molecule has 5 heteroatoms. The van der Waals surface area contributed by atoms with Gasteiger partial charge in [-0.2, -0.15) is 0 Å². The zero-order chi connectivity index (χ0) is 20.8. The van der Waals surface area contributed by atoms with Crippen molar-refractivity contribution in [2.24, 2.45) is 0 Å². The number of rotatable bonds is 6. The normalized spacial score (nSPS) is 16.0. The Morgan fingerprint density at radius 2 is 1.50 bits per heavy atom. The van der Waals surface area contributed by atoms with Crippen LogP contribution >= 0.6 is 0 Å². The highest BCUT2D eigenvalue weighted by Crippen LogP contribution is 2.26. The van der Waals surface area contributed by atoms with Crippen molar-refractivity contribution >= 4 is 11.8 Å². The topological polar surface area (TPSA) is 49.9 Å². The van der Waals surface area contributed by atoms with Crippen molar-refractivity contribution in [2.45, 2.75) is 45.1 Å². The third-order valence-electron chi connectivity index (χ3n) is 6.01. The predicted molar refractivity (Wildman–Crippen MR) is 116 cm³/mol. The minimum absolute atomic E-state index is 0.157. The molecule has 2 heterocycles. The molecule has 0 N–H and O–H groups in total. The minimum Gasteiger partial charge on any atom is -0.491 e. The largest absolute Gasteiger partial charge is 0.491 e. The standard InChI is InChI=1S/C25H30N2O3/c28-24(26-14-4-5-15-26)13-10-21-8-11-23-22(18-21)19-27(16-17-30-23)25(29)12-9-20-6-2-1-3-7-20/h1-3,6-8,11,18H,4-5,9-10,12-17,19H2. The number of ether oxygens (including phenoxy) is 1. The van der Waals surface area contributed by atoms with Crippen LogP contribution in [0.25, 0.3) is 0 Å². The summed E-state index contributed by atoms with van der Waals surface area (Å²) in [6.45, 7) is 3.48. The number of fused-ring (bicyclic) bond motifs is 1. The molecule has 0 unspecified atom stereocenters. The highest BCUT2D eigenvalue weighted by atomic mass is 16.5. The number of carbonyl (C=O) groups excluding carboxylic acids is 2. The van der Waals surface area contributed by atoms with E-state index in [1.807, 2.05) is 40.1 Å². The van der Waals surface area contributed by atoms with Gasteiger partial charge in [0.25, 0.3) is 0 Å². The first-order valence-corrected chi connectivity index (χ1v) is 11.0. The van der Waals surface area contributed by atoms with Gasteiger partial charge in [-0.05, 0) is 42.9 Å². The molecule has 5 nitrogen and oxygen atoms in total. The molecule has 0 aromatic heterocycles. The molecular formula is C25H30N2O3. The molecule has 4 rings (SSSR count). The first kappa shape index (κ1) is 20.5. The number of nitrogens with zero attached hydrogens (tertiary/aromatic N) is 2. The summed E-state index contributed by atoms with van der Waals surface area (Å²) in [6.07, 6.45) is 4.77. The second-order valence-corrected chi connectivity index (χ2v) is 8.18. The van der Waals surface area contributed by atoms with Crippen molar-refractivity contribution in [1.82, 2.24) is 9.80 Å². The van der Waals surface area contributed by atoms with E-state index < -0.39 is 0 Å². The van der Waals surface area contributed by atoms with Crippen LogP contribution in [0.4, 0.5) is 0 Å². The maximum Gasteiger partial charge on any atom is 0.223 e. The van der Waals surface area contributed by atoms with Crippen LogP contribution in [0.15, 0.2) is 48.5 Å². The van der Waals surface area contributed by atoms with Gasteiger partial charge in [-0.1, -0.05) is 42.5 Å². The van der Waals surface area contributed by atoms with Gasteiger partial charge in [0, 0.05) is 38.0 Å². The molecule has 0 bridgehead atoms. The van der Waals surface area contributed by atoms with Crippen molar-refractivity contribution in [2.75, 3.05) is 26.2 Å². The van der Waals surface area contributed by atoms with Gasteiger partial charge in [-0.15, -0.1) is 0 Å². The van der Waals surface area contributed by atoms with E-state index in [2.05, 4.69) is 18.2 Å².